The first kappa shape index (κ1) is 10.1. The fourth-order valence-corrected chi connectivity index (χ4v) is 1.70. The Labute approximate surface area is 87.9 Å². The first-order chi connectivity index (χ1) is 5.74. The monoisotopic (exact) mass is 244 g/mol. The molecule has 0 heterocycles. The lowest BCUT2D eigenvalue weighted by Gasteiger charge is -2.04. The molecule has 0 bridgehead atoms. The van der Waals surface area contributed by atoms with Gasteiger partial charge in [0.15, 0.2) is 0 Å². The summed E-state index contributed by atoms with van der Waals surface area (Å²) in [5, 5.41) is 1.06. The lowest BCUT2D eigenvalue weighted by molar-refractivity contribution is 0.915. The van der Waals surface area contributed by atoms with Crippen molar-refractivity contribution in [1.29, 1.82) is 0 Å². The van der Waals surface area contributed by atoms with Crippen molar-refractivity contribution in [3.05, 3.63) is 29.3 Å². The predicted octanol–water partition coefficient (Wildman–Crippen LogP) is 3.61. The Bertz CT molecular complexity index is 258. The van der Waals surface area contributed by atoms with E-state index in [2.05, 4.69) is 53.7 Å². The van der Waals surface area contributed by atoms with Crippen LogP contribution in [0.25, 0.3) is 0 Å². The van der Waals surface area contributed by atoms with Gasteiger partial charge in [-0.1, -0.05) is 33.6 Å². The van der Waals surface area contributed by atoms with Gasteiger partial charge in [0.25, 0.3) is 0 Å². The molecule has 0 N–H and O–H groups in total. The Morgan fingerprint density at radius 3 is 2.83 bits per heavy atom. The number of hydrogen-bond donors (Lipinski definition) is 1. The maximum Gasteiger partial charge on any atom is 0.00722 e. The van der Waals surface area contributed by atoms with Crippen molar-refractivity contribution < 1.29 is 0 Å². The van der Waals surface area contributed by atoms with E-state index in [1.165, 1.54) is 17.5 Å². The largest absolute Gasteiger partial charge is 0.143 e. The normalized spacial score (nSPS) is 10.2. The molecule has 1 rings (SSSR count). The summed E-state index contributed by atoms with van der Waals surface area (Å²) >= 11 is 7.83. The highest BCUT2D eigenvalue weighted by atomic mass is 79.9. The zero-order chi connectivity index (χ0) is 8.97. The zero-order valence-corrected chi connectivity index (χ0v) is 9.66. The molecule has 0 unspecified atom stereocenters. The predicted molar refractivity (Wildman–Crippen MR) is 60.5 cm³/mol. The fourth-order valence-electron chi connectivity index (χ4n) is 1.17. The van der Waals surface area contributed by atoms with Crippen molar-refractivity contribution in [1.82, 2.24) is 0 Å². The van der Waals surface area contributed by atoms with Gasteiger partial charge in [-0.05, 0) is 31.4 Å². The average molecular weight is 245 g/mol. The van der Waals surface area contributed by atoms with Crippen molar-refractivity contribution >= 4 is 28.6 Å². The lowest BCUT2D eigenvalue weighted by Crippen LogP contribution is -1.89. The molecule has 0 radical (unpaired) electrons. The smallest absolute Gasteiger partial charge is 0.00722 e. The van der Waals surface area contributed by atoms with Crippen LogP contribution in [0.2, 0.25) is 0 Å². The number of aryl methyl sites for hydroxylation is 2. The maximum absolute atomic E-state index is 4.40. The molecule has 0 amide bonds. The van der Waals surface area contributed by atoms with Crippen LogP contribution in [-0.4, -0.2) is 5.33 Å². The SMILES string of the molecule is Cc1ccc(S)c(CCCBr)c1. The van der Waals surface area contributed by atoms with Crippen molar-refractivity contribution in [2.24, 2.45) is 0 Å². The standard InChI is InChI=1S/C10H13BrS/c1-8-4-5-10(12)9(7-8)3-2-6-11/h4-5,7,12H,2-3,6H2,1H3. The Morgan fingerprint density at radius 1 is 1.42 bits per heavy atom. The molecule has 0 saturated carbocycles. The summed E-state index contributed by atoms with van der Waals surface area (Å²) in [5.41, 5.74) is 2.68. The number of halogens is 1. The van der Waals surface area contributed by atoms with Gasteiger partial charge in [-0.3, -0.25) is 0 Å². The molecular weight excluding hydrogens is 232 g/mol. The molecule has 0 saturated heterocycles. The Kier molecular flexibility index (Phi) is 4.16. The summed E-state index contributed by atoms with van der Waals surface area (Å²) in [6, 6.07) is 6.38. The molecule has 1 aromatic carbocycles. The van der Waals surface area contributed by atoms with Crippen LogP contribution in [0.3, 0.4) is 0 Å². The summed E-state index contributed by atoms with van der Waals surface area (Å²) in [7, 11) is 0. The molecule has 2 heteroatoms. The Morgan fingerprint density at radius 2 is 2.17 bits per heavy atom. The Hall–Kier alpha value is 0.0500. The molecule has 0 aromatic heterocycles. The minimum atomic E-state index is 1.06. The van der Waals surface area contributed by atoms with Crippen LogP contribution in [0, 0.1) is 6.92 Å². The third kappa shape index (κ3) is 2.83. The molecule has 0 aliphatic rings. The van der Waals surface area contributed by atoms with Crippen LogP contribution in [0.15, 0.2) is 23.1 Å². The summed E-state index contributed by atoms with van der Waals surface area (Å²) in [6.07, 6.45) is 2.29. The van der Waals surface area contributed by atoms with Crippen LogP contribution < -0.4 is 0 Å². The highest BCUT2D eigenvalue weighted by molar-refractivity contribution is 9.09. The van der Waals surface area contributed by atoms with E-state index < -0.39 is 0 Å². The van der Waals surface area contributed by atoms with E-state index in [4.69, 9.17) is 0 Å². The molecule has 0 fully saturated rings. The third-order valence-corrected chi connectivity index (χ3v) is 2.81. The van der Waals surface area contributed by atoms with E-state index in [1.54, 1.807) is 0 Å². The van der Waals surface area contributed by atoms with Gasteiger partial charge in [0.1, 0.15) is 0 Å². The maximum atomic E-state index is 4.40. The highest BCUT2D eigenvalue weighted by Crippen LogP contribution is 2.17. The van der Waals surface area contributed by atoms with Gasteiger partial charge < -0.3 is 0 Å². The first-order valence-electron chi connectivity index (χ1n) is 4.08. The number of alkyl halides is 1. The van der Waals surface area contributed by atoms with Gasteiger partial charge in [-0.2, -0.15) is 0 Å². The van der Waals surface area contributed by atoms with E-state index in [9.17, 15) is 0 Å². The van der Waals surface area contributed by atoms with Crippen molar-refractivity contribution in [3.63, 3.8) is 0 Å². The summed E-state index contributed by atoms with van der Waals surface area (Å²) < 4.78 is 0. The van der Waals surface area contributed by atoms with E-state index in [0.29, 0.717) is 0 Å². The van der Waals surface area contributed by atoms with Gasteiger partial charge in [0, 0.05) is 10.2 Å². The summed E-state index contributed by atoms with van der Waals surface area (Å²) in [4.78, 5) is 1.11. The van der Waals surface area contributed by atoms with Gasteiger partial charge in [0.05, 0.1) is 0 Å². The molecule has 12 heavy (non-hydrogen) atoms. The van der Waals surface area contributed by atoms with Crippen LogP contribution in [0.1, 0.15) is 17.5 Å². The van der Waals surface area contributed by atoms with E-state index in [1.807, 2.05) is 0 Å². The molecule has 0 nitrogen and oxygen atoms in total. The van der Waals surface area contributed by atoms with Gasteiger partial charge in [-0.15, -0.1) is 12.6 Å². The van der Waals surface area contributed by atoms with Gasteiger partial charge >= 0.3 is 0 Å². The molecular formula is C10H13BrS. The van der Waals surface area contributed by atoms with E-state index >= 15 is 0 Å². The first-order valence-corrected chi connectivity index (χ1v) is 5.65. The van der Waals surface area contributed by atoms with Gasteiger partial charge in [-0.25, -0.2) is 0 Å². The summed E-state index contributed by atoms with van der Waals surface area (Å²) in [5.74, 6) is 0. The third-order valence-electron chi connectivity index (χ3n) is 1.81. The van der Waals surface area contributed by atoms with Crippen LogP contribution in [0.5, 0.6) is 0 Å². The minimum Gasteiger partial charge on any atom is -0.143 e. The number of thiol groups is 1. The van der Waals surface area contributed by atoms with Crippen LogP contribution in [-0.2, 0) is 6.42 Å². The molecule has 0 aliphatic carbocycles. The van der Waals surface area contributed by atoms with Crippen LogP contribution >= 0.6 is 28.6 Å². The van der Waals surface area contributed by atoms with Crippen molar-refractivity contribution in [2.75, 3.05) is 5.33 Å². The van der Waals surface area contributed by atoms with E-state index in [-0.39, 0.29) is 0 Å². The van der Waals surface area contributed by atoms with Crippen molar-refractivity contribution in [3.8, 4) is 0 Å². The average Bonchev–Trinajstić information content (AvgIpc) is 2.07. The topological polar surface area (TPSA) is 0 Å². The van der Waals surface area contributed by atoms with E-state index in [0.717, 1.165) is 16.6 Å². The summed E-state index contributed by atoms with van der Waals surface area (Å²) in [6.45, 7) is 2.12. The lowest BCUT2D eigenvalue weighted by atomic mass is 10.1. The quantitative estimate of drug-likeness (QED) is 0.610. The highest BCUT2D eigenvalue weighted by Gasteiger charge is 1.98. The molecule has 66 valence electrons. The second-order valence-corrected chi connectivity index (χ2v) is 4.20. The molecule has 0 atom stereocenters. The fraction of sp³-hybridized carbons (Fsp3) is 0.400. The molecule has 1 aromatic rings. The number of rotatable bonds is 3. The molecule has 0 aliphatic heterocycles. The second-order valence-electron chi connectivity index (χ2n) is 2.92. The Balaban J connectivity index is 2.75. The van der Waals surface area contributed by atoms with Crippen molar-refractivity contribution in [2.45, 2.75) is 24.7 Å². The minimum absolute atomic E-state index is 1.06. The number of benzene rings is 1. The molecule has 0 spiro atoms. The zero-order valence-electron chi connectivity index (χ0n) is 7.18. The van der Waals surface area contributed by atoms with Gasteiger partial charge in [0.2, 0.25) is 0 Å². The second kappa shape index (κ2) is 4.93. The number of hydrogen-bond acceptors (Lipinski definition) is 1. The van der Waals surface area contributed by atoms with Crippen LogP contribution in [0.4, 0.5) is 0 Å².